The molecule has 7 heavy (non-hydrogen) atoms. The average molecular weight is 245 g/mol. The fourth-order valence-electron chi connectivity index (χ4n) is 0. The third-order valence-corrected chi connectivity index (χ3v) is 0. The zero-order valence-electron chi connectivity index (χ0n) is 3.13. The molecule has 39 valence electrons. The van der Waals surface area contributed by atoms with Crippen molar-refractivity contribution < 1.29 is 37.3 Å². The molecule has 0 unspecified atom stereocenters. The van der Waals surface area contributed by atoms with Gasteiger partial charge in [-0.3, -0.25) is 0 Å². The Hall–Kier alpha value is -0.283. The maximum Gasteiger partial charge on any atom is 3.00 e. The van der Waals surface area contributed by atoms with Gasteiger partial charge in [0.25, 0.3) is 0 Å². The molecule has 0 rings (SSSR count). The van der Waals surface area contributed by atoms with Crippen LogP contribution >= 0.6 is 0 Å². The maximum atomic E-state index is 6.25. The summed E-state index contributed by atoms with van der Waals surface area (Å²) in [6, 6.07) is 0. The first kappa shape index (κ1) is 29.7. The Balaban J connectivity index is -0.00000000900. The van der Waals surface area contributed by atoms with Crippen molar-refractivity contribution in [3.8, 4) is 0 Å². The van der Waals surface area contributed by atoms with Crippen LogP contribution in [0.1, 0.15) is 0 Å². The van der Waals surface area contributed by atoms with Crippen molar-refractivity contribution in [1.82, 2.24) is 0 Å². The van der Waals surface area contributed by atoms with Crippen LogP contribution in [0.5, 0.6) is 0 Å². The molecule has 0 aliphatic heterocycles. The zero-order valence-corrected chi connectivity index (χ0v) is 4.98. The predicted molar refractivity (Wildman–Crippen MR) is 14.9 cm³/mol. The van der Waals surface area contributed by atoms with E-state index in [4.69, 9.17) is 35.5 Å². The zero-order chi connectivity index (χ0) is 6.00. The van der Waals surface area contributed by atoms with Gasteiger partial charge in [-0.05, 0) is 0 Å². The van der Waals surface area contributed by atoms with E-state index in [0.29, 0.717) is 0 Å². The van der Waals surface area contributed by atoms with E-state index in [1.54, 1.807) is 0 Å². The molecule has 0 fully saturated rings. The molecule has 0 N–H and O–H groups in total. The van der Waals surface area contributed by atoms with Gasteiger partial charge in [-0.1, -0.05) is 0 Å². The molecular formula is C3ErN3. The Kier molecular flexibility index (Phi) is 6740. The molecule has 0 aliphatic carbocycles. The summed E-state index contributed by atoms with van der Waals surface area (Å²) >= 11 is 0. The molecule has 0 amide bonds. The predicted octanol–water partition coefficient (Wildman–Crippen LogP) is 0.289. The third-order valence-electron chi connectivity index (χ3n) is 0. The normalized spacial score (nSPS) is 0.857. The monoisotopic (exact) mass is 244 g/mol. The van der Waals surface area contributed by atoms with Gasteiger partial charge in [0.2, 0.25) is 0 Å². The molecule has 0 aromatic rings. The summed E-state index contributed by atoms with van der Waals surface area (Å²) in [5.74, 6) is 0. The molecule has 0 saturated heterocycles. The largest absolute Gasteiger partial charge is 3.00 e. The van der Waals surface area contributed by atoms with Crippen LogP contribution < -0.4 is 0 Å². The van der Waals surface area contributed by atoms with Gasteiger partial charge in [-0.25, -0.2) is 0 Å². The Morgan fingerprint density at radius 2 is 0.571 bits per heavy atom. The SMILES string of the molecule is [C-]#N.[C-]#N.[C-]#N.[Er+3]. The van der Waals surface area contributed by atoms with Gasteiger partial charge >= 0.3 is 37.3 Å². The first-order valence-corrected chi connectivity index (χ1v) is 0.671. The summed E-state index contributed by atoms with van der Waals surface area (Å²) in [5, 5.41) is 18.8. The Bertz CT molecular complexity index is 38.7. The second-order valence-corrected chi connectivity index (χ2v) is 0. The molecular weight excluding hydrogens is 245 g/mol. The van der Waals surface area contributed by atoms with Gasteiger partial charge in [0.05, 0.1) is 0 Å². The minimum absolute atomic E-state index is 0. The van der Waals surface area contributed by atoms with E-state index >= 15 is 0 Å². The molecule has 0 saturated carbocycles. The van der Waals surface area contributed by atoms with Crippen molar-refractivity contribution in [3.63, 3.8) is 0 Å². The summed E-state index contributed by atoms with van der Waals surface area (Å²) in [6.07, 6.45) is 0. The van der Waals surface area contributed by atoms with Crippen molar-refractivity contribution >= 4 is 0 Å². The van der Waals surface area contributed by atoms with Gasteiger partial charge in [-0.2, -0.15) is 0 Å². The Morgan fingerprint density at radius 3 is 0.571 bits per heavy atom. The molecule has 0 aromatic carbocycles. The number of nitrogens with zero attached hydrogens (tertiary/aromatic N) is 3. The molecule has 3 nitrogen and oxygen atoms in total. The van der Waals surface area contributed by atoms with Crippen molar-refractivity contribution in [2.45, 2.75) is 0 Å². The molecule has 0 aliphatic rings. The summed E-state index contributed by atoms with van der Waals surface area (Å²) in [5.41, 5.74) is 0. The van der Waals surface area contributed by atoms with Crippen LogP contribution in [0, 0.1) is 72.8 Å². The van der Waals surface area contributed by atoms with E-state index in [1.165, 1.54) is 0 Å². The number of hydrogen-bond donors (Lipinski definition) is 0. The average Bonchev–Trinajstić information content (AvgIpc) is 1.81. The van der Waals surface area contributed by atoms with E-state index in [-0.39, 0.29) is 37.3 Å². The molecule has 0 aromatic heterocycles. The summed E-state index contributed by atoms with van der Waals surface area (Å²) < 4.78 is 0. The summed E-state index contributed by atoms with van der Waals surface area (Å²) in [4.78, 5) is 0. The van der Waals surface area contributed by atoms with Crippen molar-refractivity contribution in [2.24, 2.45) is 0 Å². The smallest absolute Gasteiger partial charge is 0.512 e. The van der Waals surface area contributed by atoms with Crippen LogP contribution in [-0.4, -0.2) is 0 Å². The van der Waals surface area contributed by atoms with E-state index in [9.17, 15) is 0 Å². The third kappa shape index (κ3) is 984. The van der Waals surface area contributed by atoms with E-state index in [0.717, 1.165) is 0 Å². The van der Waals surface area contributed by atoms with E-state index in [1.807, 2.05) is 0 Å². The maximum absolute atomic E-state index is 6.25. The Morgan fingerprint density at radius 1 is 0.571 bits per heavy atom. The summed E-state index contributed by atoms with van der Waals surface area (Å²) in [7, 11) is 0. The van der Waals surface area contributed by atoms with E-state index in [2.05, 4.69) is 0 Å². The first-order chi connectivity index (χ1) is 3.00. The fourth-order valence-corrected chi connectivity index (χ4v) is 0. The molecule has 1 radical (unpaired) electrons. The van der Waals surface area contributed by atoms with Crippen molar-refractivity contribution in [3.05, 3.63) is 19.7 Å². The quantitative estimate of drug-likeness (QED) is 0.576. The minimum atomic E-state index is 0. The topological polar surface area (TPSA) is 71.4 Å². The fraction of sp³-hybridized carbons (Fsp3) is 0. The van der Waals surface area contributed by atoms with E-state index < -0.39 is 0 Å². The molecule has 0 heterocycles. The van der Waals surface area contributed by atoms with Crippen LogP contribution in [0.25, 0.3) is 0 Å². The van der Waals surface area contributed by atoms with Crippen LogP contribution in [0.2, 0.25) is 0 Å². The minimum Gasteiger partial charge on any atom is -0.512 e. The van der Waals surface area contributed by atoms with Gasteiger partial charge in [0, 0.05) is 0 Å². The van der Waals surface area contributed by atoms with Crippen LogP contribution in [0.4, 0.5) is 0 Å². The second kappa shape index (κ2) is 1590. The molecule has 4 heteroatoms. The number of rotatable bonds is 0. The van der Waals surface area contributed by atoms with Gasteiger partial charge in [0.15, 0.2) is 0 Å². The van der Waals surface area contributed by atoms with Crippen molar-refractivity contribution in [1.29, 1.82) is 15.8 Å². The number of hydrogen-bond acceptors (Lipinski definition) is 3. The van der Waals surface area contributed by atoms with Crippen LogP contribution in [0.15, 0.2) is 0 Å². The molecule has 0 atom stereocenters. The molecule has 0 bridgehead atoms. The van der Waals surface area contributed by atoms with Gasteiger partial charge < -0.3 is 35.5 Å². The molecule has 0 spiro atoms. The second-order valence-electron chi connectivity index (χ2n) is 0. The van der Waals surface area contributed by atoms with Gasteiger partial charge in [0.1, 0.15) is 0 Å². The summed E-state index contributed by atoms with van der Waals surface area (Å²) in [6.45, 7) is 14.2. The van der Waals surface area contributed by atoms with Crippen LogP contribution in [-0.2, 0) is 0 Å². The first-order valence-electron chi connectivity index (χ1n) is 0.671. The Labute approximate surface area is 72.4 Å². The van der Waals surface area contributed by atoms with Gasteiger partial charge in [-0.15, -0.1) is 0 Å². The van der Waals surface area contributed by atoms with Crippen molar-refractivity contribution in [2.75, 3.05) is 0 Å². The standard InChI is InChI=1S/3CN.Er/c3*1-2;/q3*-1;+3. The van der Waals surface area contributed by atoms with Crippen LogP contribution in [0.3, 0.4) is 0 Å².